The monoisotopic (exact) mass is 207 g/mol. The summed E-state index contributed by atoms with van der Waals surface area (Å²) >= 11 is 0. The molecule has 2 aliphatic rings. The van der Waals surface area contributed by atoms with Crippen LogP contribution in [0, 0.1) is 5.41 Å². The van der Waals surface area contributed by atoms with Crippen molar-refractivity contribution in [2.75, 3.05) is 13.1 Å². The summed E-state index contributed by atoms with van der Waals surface area (Å²) in [6.07, 6.45) is 7.82. The zero-order valence-corrected chi connectivity index (χ0v) is 10.8. The summed E-state index contributed by atoms with van der Waals surface area (Å²) in [5, 5.41) is 0. The van der Waals surface area contributed by atoms with Crippen LogP contribution in [-0.2, 0) is 0 Å². The number of nitrogens with zero attached hydrogens (tertiary/aromatic N) is 1. The maximum Gasteiger partial charge on any atom is 0.0441 e. The molecular weight excluding hydrogens is 182 g/mol. The van der Waals surface area contributed by atoms with Gasteiger partial charge < -0.3 is 0 Å². The van der Waals surface area contributed by atoms with E-state index in [0.717, 1.165) is 0 Å². The van der Waals surface area contributed by atoms with Gasteiger partial charge >= 0.3 is 0 Å². The van der Waals surface area contributed by atoms with Gasteiger partial charge in [0.1, 0.15) is 0 Å². The number of fused-ring (bicyclic) bond motifs is 1. The molecule has 0 saturated carbocycles. The van der Waals surface area contributed by atoms with Gasteiger partial charge in [-0.2, -0.15) is 0 Å². The Balaban J connectivity index is 2.18. The molecule has 15 heavy (non-hydrogen) atoms. The molecule has 0 aromatic rings. The Bertz CT molecular complexity index is 272. The molecule has 2 rings (SSSR count). The van der Waals surface area contributed by atoms with Crippen LogP contribution in [-0.4, -0.2) is 23.5 Å². The van der Waals surface area contributed by atoms with E-state index in [0.29, 0.717) is 11.0 Å². The van der Waals surface area contributed by atoms with Crippen LogP contribution in [0.15, 0.2) is 11.6 Å². The predicted molar refractivity (Wildman–Crippen MR) is 66.0 cm³/mol. The first-order chi connectivity index (χ1) is 6.98. The van der Waals surface area contributed by atoms with Crippen molar-refractivity contribution < 1.29 is 0 Å². The molecule has 0 aliphatic carbocycles. The molecule has 86 valence electrons. The Kier molecular flexibility index (Phi) is 2.70. The first-order valence-corrected chi connectivity index (χ1v) is 6.42. The fourth-order valence-corrected chi connectivity index (χ4v) is 3.48. The fraction of sp³-hybridized carbons (Fsp3) is 0.857. The van der Waals surface area contributed by atoms with Crippen LogP contribution in [0.1, 0.15) is 53.4 Å². The molecule has 0 aromatic heterocycles. The van der Waals surface area contributed by atoms with Crippen molar-refractivity contribution in [3.63, 3.8) is 0 Å². The zero-order valence-electron chi connectivity index (χ0n) is 10.8. The zero-order chi connectivity index (χ0) is 11.1. The minimum absolute atomic E-state index is 0.454. The van der Waals surface area contributed by atoms with Crippen LogP contribution < -0.4 is 0 Å². The molecule has 0 bridgehead atoms. The van der Waals surface area contributed by atoms with Gasteiger partial charge in [0.05, 0.1) is 0 Å². The van der Waals surface area contributed by atoms with Gasteiger partial charge in [0, 0.05) is 12.1 Å². The van der Waals surface area contributed by atoms with Crippen LogP contribution in [0.25, 0.3) is 0 Å². The van der Waals surface area contributed by atoms with E-state index in [-0.39, 0.29) is 0 Å². The van der Waals surface area contributed by atoms with Gasteiger partial charge in [0.2, 0.25) is 0 Å². The van der Waals surface area contributed by atoms with E-state index >= 15 is 0 Å². The summed E-state index contributed by atoms with van der Waals surface area (Å²) in [6.45, 7) is 12.0. The van der Waals surface area contributed by atoms with Gasteiger partial charge in [0.15, 0.2) is 0 Å². The lowest BCUT2D eigenvalue weighted by Gasteiger charge is -2.53. The lowest BCUT2D eigenvalue weighted by atomic mass is 9.69. The molecular formula is C14H25N. The number of hydrogen-bond donors (Lipinski definition) is 0. The van der Waals surface area contributed by atoms with Crippen molar-refractivity contribution >= 4 is 0 Å². The van der Waals surface area contributed by atoms with Crippen LogP contribution in [0.5, 0.6) is 0 Å². The molecule has 1 unspecified atom stereocenters. The Morgan fingerprint density at radius 1 is 1.40 bits per heavy atom. The van der Waals surface area contributed by atoms with Crippen molar-refractivity contribution in [1.82, 2.24) is 4.90 Å². The third kappa shape index (κ3) is 1.87. The lowest BCUT2D eigenvalue weighted by molar-refractivity contribution is 0.0605. The fourth-order valence-electron chi connectivity index (χ4n) is 3.48. The Hall–Kier alpha value is -0.300. The average molecular weight is 207 g/mol. The minimum atomic E-state index is 0.454. The third-order valence-corrected chi connectivity index (χ3v) is 3.86. The maximum absolute atomic E-state index is 2.71. The molecule has 0 amide bonds. The molecule has 0 N–H and O–H groups in total. The Labute approximate surface area is 94.5 Å². The van der Waals surface area contributed by atoms with Crippen LogP contribution in [0.2, 0.25) is 0 Å². The van der Waals surface area contributed by atoms with E-state index in [1.807, 2.05) is 0 Å². The van der Waals surface area contributed by atoms with Gasteiger partial charge in [-0.3, -0.25) is 4.90 Å². The highest BCUT2D eigenvalue weighted by Crippen LogP contribution is 2.50. The normalized spacial score (nSPS) is 34.3. The van der Waals surface area contributed by atoms with Gasteiger partial charge in [-0.15, -0.1) is 0 Å². The van der Waals surface area contributed by atoms with Crippen LogP contribution >= 0.6 is 0 Å². The minimum Gasteiger partial charge on any atom is -0.290 e. The second-order valence-corrected chi connectivity index (χ2v) is 6.43. The van der Waals surface area contributed by atoms with E-state index in [4.69, 9.17) is 0 Å². The van der Waals surface area contributed by atoms with Crippen molar-refractivity contribution in [2.45, 2.75) is 58.9 Å². The van der Waals surface area contributed by atoms with E-state index in [9.17, 15) is 0 Å². The van der Waals surface area contributed by atoms with Crippen molar-refractivity contribution in [3.8, 4) is 0 Å². The molecule has 0 aromatic carbocycles. The molecule has 2 saturated heterocycles. The predicted octanol–water partition coefficient (Wildman–Crippen LogP) is 3.61. The summed E-state index contributed by atoms with van der Waals surface area (Å²) in [6, 6.07) is 0. The van der Waals surface area contributed by atoms with E-state index in [2.05, 4.69) is 38.7 Å². The van der Waals surface area contributed by atoms with Gasteiger partial charge in [0.25, 0.3) is 0 Å². The van der Waals surface area contributed by atoms with Crippen molar-refractivity contribution in [1.29, 1.82) is 0 Å². The molecule has 1 atom stereocenters. The molecule has 2 fully saturated rings. The first kappa shape index (κ1) is 11.2. The number of rotatable bonds is 2. The van der Waals surface area contributed by atoms with Gasteiger partial charge in [-0.05, 0) is 43.2 Å². The van der Waals surface area contributed by atoms with Crippen molar-refractivity contribution in [2.24, 2.45) is 5.41 Å². The molecule has 1 nitrogen and oxygen atoms in total. The summed E-state index contributed by atoms with van der Waals surface area (Å²) in [4.78, 5) is 2.71. The summed E-state index contributed by atoms with van der Waals surface area (Å²) < 4.78 is 0. The highest BCUT2D eigenvalue weighted by atomic mass is 15.3. The summed E-state index contributed by atoms with van der Waals surface area (Å²) in [7, 11) is 0. The highest BCUT2D eigenvalue weighted by molar-refractivity contribution is 5.34. The lowest BCUT2D eigenvalue weighted by Crippen LogP contribution is -2.59. The third-order valence-electron chi connectivity index (χ3n) is 3.86. The van der Waals surface area contributed by atoms with E-state index in [1.165, 1.54) is 38.8 Å². The summed E-state index contributed by atoms with van der Waals surface area (Å²) in [5.74, 6) is 0. The topological polar surface area (TPSA) is 3.24 Å². The Morgan fingerprint density at radius 2 is 2.13 bits per heavy atom. The molecule has 0 spiro atoms. The second-order valence-electron chi connectivity index (χ2n) is 6.43. The van der Waals surface area contributed by atoms with E-state index < -0.39 is 0 Å². The number of allylic oxidation sites excluding steroid dienone is 1. The summed E-state index contributed by atoms with van der Waals surface area (Å²) in [5.41, 5.74) is 2.67. The van der Waals surface area contributed by atoms with E-state index in [1.54, 1.807) is 5.57 Å². The quantitative estimate of drug-likeness (QED) is 0.625. The number of hydrogen-bond acceptors (Lipinski definition) is 1. The maximum atomic E-state index is 2.71. The highest BCUT2D eigenvalue weighted by Gasteiger charge is 2.52. The van der Waals surface area contributed by atoms with Gasteiger partial charge in [-0.25, -0.2) is 0 Å². The average Bonchev–Trinajstić information content (AvgIpc) is 2.39. The molecule has 2 aliphatic heterocycles. The largest absolute Gasteiger partial charge is 0.290 e. The Morgan fingerprint density at radius 3 is 2.67 bits per heavy atom. The second kappa shape index (κ2) is 3.62. The van der Waals surface area contributed by atoms with Gasteiger partial charge in [-0.1, -0.05) is 33.8 Å². The van der Waals surface area contributed by atoms with Crippen LogP contribution in [0.4, 0.5) is 0 Å². The molecule has 1 heteroatoms. The first-order valence-electron chi connectivity index (χ1n) is 6.42. The smallest absolute Gasteiger partial charge is 0.0441 e. The van der Waals surface area contributed by atoms with Crippen LogP contribution in [0.3, 0.4) is 0 Å². The van der Waals surface area contributed by atoms with Crippen molar-refractivity contribution in [3.05, 3.63) is 11.6 Å². The molecule has 2 heterocycles. The molecule has 0 radical (unpaired) electrons. The standard InChI is InChI=1S/C14H25N/c1-5-7-12-10-15-9-6-8-14(12,15)11-13(2,3)4/h7H,5-6,8-11H2,1-4H3/b12-7+. The SMILES string of the molecule is CC/C=C1\CN2CCCC12CC(C)(C)C.